The highest BCUT2D eigenvalue weighted by molar-refractivity contribution is 5.91. The summed E-state index contributed by atoms with van der Waals surface area (Å²) >= 11 is 0. The van der Waals surface area contributed by atoms with Crippen molar-refractivity contribution in [3.8, 4) is 0 Å². The zero-order valence-corrected chi connectivity index (χ0v) is 15.8. The number of nitrogens with one attached hydrogen (secondary N) is 2. The number of hydrogen-bond donors (Lipinski definition) is 2. The van der Waals surface area contributed by atoms with Crippen LogP contribution in [0.1, 0.15) is 29.6 Å². The minimum absolute atomic E-state index is 0.0858. The summed E-state index contributed by atoms with van der Waals surface area (Å²) < 4.78 is 20.2. The van der Waals surface area contributed by atoms with Gasteiger partial charge >= 0.3 is 0 Å². The van der Waals surface area contributed by atoms with E-state index in [4.69, 9.17) is 4.42 Å². The van der Waals surface area contributed by atoms with Gasteiger partial charge in [-0.25, -0.2) is 9.37 Å². The summed E-state index contributed by atoms with van der Waals surface area (Å²) in [7, 11) is 1.82. The number of amides is 2. The highest BCUT2D eigenvalue weighted by Gasteiger charge is 2.20. The highest BCUT2D eigenvalue weighted by atomic mass is 19.1. The van der Waals surface area contributed by atoms with E-state index in [0.29, 0.717) is 17.1 Å². The summed E-state index contributed by atoms with van der Waals surface area (Å²) in [5.41, 5.74) is 0.708. The number of aryl methyl sites for hydroxylation is 1. The molecule has 0 fully saturated rings. The van der Waals surface area contributed by atoms with Gasteiger partial charge in [-0.3, -0.25) is 9.59 Å². The maximum Gasteiger partial charge on any atom is 0.244 e. The molecule has 1 atom stereocenters. The second-order valence-electron chi connectivity index (χ2n) is 6.34. The Morgan fingerprint density at radius 3 is 2.72 bits per heavy atom. The number of nitrogens with zero attached hydrogens (tertiary/aromatic N) is 2. The first kappa shape index (κ1) is 20.1. The van der Waals surface area contributed by atoms with Crippen molar-refractivity contribution in [1.29, 1.82) is 0 Å². The SMILES string of the molecule is Cn1ccnc1C(NC(=O)CCNC(=O)/C=C/c1ccco1)c1ccc(F)cc1. The molecule has 3 aromatic rings. The second-order valence-corrected chi connectivity index (χ2v) is 6.34. The molecule has 2 heterocycles. The van der Waals surface area contributed by atoms with Gasteiger partial charge in [-0.1, -0.05) is 12.1 Å². The number of carbonyl (C=O) groups excluding carboxylic acids is 2. The molecule has 0 saturated carbocycles. The van der Waals surface area contributed by atoms with Gasteiger partial charge in [0.25, 0.3) is 0 Å². The van der Waals surface area contributed by atoms with Crippen molar-refractivity contribution in [3.05, 3.63) is 84.1 Å². The van der Waals surface area contributed by atoms with Crippen molar-refractivity contribution >= 4 is 17.9 Å². The smallest absolute Gasteiger partial charge is 0.244 e. The zero-order valence-electron chi connectivity index (χ0n) is 15.8. The third kappa shape index (κ3) is 5.65. The van der Waals surface area contributed by atoms with E-state index < -0.39 is 6.04 Å². The number of aromatic nitrogens is 2. The Kier molecular flexibility index (Phi) is 6.57. The van der Waals surface area contributed by atoms with Gasteiger partial charge in [-0.2, -0.15) is 0 Å². The van der Waals surface area contributed by atoms with Crippen LogP contribution in [0.15, 0.2) is 65.5 Å². The van der Waals surface area contributed by atoms with E-state index in [9.17, 15) is 14.0 Å². The number of imidazole rings is 1. The standard InChI is InChI=1S/C21H21FN4O3/c1-26-13-12-24-21(26)20(15-4-6-16(22)7-5-15)25-19(28)10-11-23-18(27)9-8-17-3-2-14-29-17/h2-9,12-14,20H,10-11H2,1H3,(H,23,27)(H,25,28)/b9-8+. The number of furan rings is 1. The lowest BCUT2D eigenvalue weighted by Gasteiger charge is -2.19. The molecule has 2 amide bonds. The van der Waals surface area contributed by atoms with Crippen molar-refractivity contribution in [3.63, 3.8) is 0 Å². The van der Waals surface area contributed by atoms with Crippen LogP contribution in [0.4, 0.5) is 4.39 Å². The van der Waals surface area contributed by atoms with Crippen LogP contribution < -0.4 is 10.6 Å². The maximum absolute atomic E-state index is 13.3. The number of carbonyl (C=O) groups is 2. The van der Waals surface area contributed by atoms with Crippen LogP contribution in [-0.4, -0.2) is 27.9 Å². The molecule has 150 valence electrons. The molecule has 0 aliphatic carbocycles. The molecule has 0 spiro atoms. The first-order valence-electron chi connectivity index (χ1n) is 9.04. The van der Waals surface area contributed by atoms with Crippen LogP contribution in [0, 0.1) is 5.82 Å². The van der Waals surface area contributed by atoms with Crippen molar-refractivity contribution in [2.45, 2.75) is 12.5 Å². The van der Waals surface area contributed by atoms with Crippen LogP contribution in [-0.2, 0) is 16.6 Å². The van der Waals surface area contributed by atoms with E-state index in [1.807, 2.05) is 7.05 Å². The summed E-state index contributed by atoms with van der Waals surface area (Å²) in [4.78, 5) is 28.5. The zero-order chi connectivity index (χ0) is 20.6. The van der Waals surface area contributed by atoms with E-state index in [1.54, 1.807) is 47.3 Å². The Hall–Kier alpha value is -3.68. The summed E-state index contributed by atoms with van der Waals surface area (Å²) in [6, 6.07) is 8.81. The molecular formula is C21H21FN4O3. The molecule has 0 bridgehead atoms. The Bertz CT molecular complexity index is 978. The third-order valence-electron chi connectivity index (χ3n) is 4.22. The van der Waals surface area contributed by atoms with Crippen molar-refractivity contribution in [2.75, 3.05) is 6.54 Å². The van der Waals surface area contributed by atoms with Crippen molar-refractivity contribution < 1.29 is 18.4 Å². The number of halogens is 1. The first-order chi connectivity index (χ1) is 14.0. The Balaban J connectivity index is 1.56. The topological polar surface area (TPSA) is 89.2 Å². The first-order valence-corrected chi connectivity index (χ1v) is 9.04. The summed E-state index contributed by atoms with van der Waals surface area (Å²) in [5.74, 6) is 0.237. The quantitative estimate of drug-likeness (QED) is 0.573. The van der Waals surface area contributed by atoms with E-state index >= 15 is 0 Å². The van der Waals surface area contributed by atoms with Gasteiger partial charge in [0.05, 0.1) is 6.26 Å². The molecule has 2 N–H and O–H groups in total. The van der Waals surface area contributed by atoms with Crippen LogP contribution in [0.25, 0.3) is 6.08 Å². The average molecular weight is 396 g/mol. The highest BCUT2D eigenvalue weighted by Crippen LogP contribution is 2.20. The monoisotopic (exact) mass is 396 g/mol. The summed E-state index contributed by atoms with van der Waals surface area (Å²) in [5, 5.41) is 5.54. The fraction of sp³-hybridized carbons (Fsp3) is 0.190. The number of benzene rings is 1. The minimum atomic E-state index is -0.530. The molecule has 1 unspecified atom stereocenters. The van der Waals surface area contributed by atoms with E-state index in [2.05, 4.69) is 15.6 Å². The Morgan fingerprint density at radius 1 is 1.28 bits per heavy atom. The van der Waals surface area contributed by atoms with Gasteiger partial charge in [0.1, 0.15) is 23.4 Å². The molecule has 0 radical (unpaired) electrons. The van der Waals surface area contributed by atoms with Gasteiger partial charge in [-0.05, 0) is 35.9 Å². The molecule has 0 aliphatic heterocycles. The van der Waals surface area contributed by atoms with Gasteiger partial charge in [0.2, 0.25) is 11.8 Å². The molecule has 8 heteroatoms. The van der Waals surface area contributed by atoms with E-state index in [1.165, 1.54) is 24.5 Å². The minimum Gasteiger partial charge on any atom is -0.465 e. The van der Waals surface area contributed by atoms with Gasteiger partial charge in [-0.15, -0.1) is 0 Å². The second kappa shape index (κ2) is 9.50. The molecule has 29 heavy (non-hydrogen) atoms. The van der Waals surface area contributed by atoms with Crippen molar-refractivity contribution in [1.82, 2.24) is 20.2 Å². The predicted molar refractivity (Wildman–Crippen MR) is 105 cm³/mol. The molecule has 2 aromatic heterocycles. The lowest BCUT2D eigenvalue weighted by atomic mass is 10.1. The summed E-state index contributed by atoms with van der Waals surface area (Å²) in [6.07, 6.45) is 7.88. The molecule has 7 nitrogen and oxygen atoms in total. The van der Waals surface area contributed by atoms with E-state index in [0.717, 1.165) is 0 Å². The van der Waals surface area contributed by atoms with Gasteiger partial charge in [0.15, 0.2) is 0 Å². The largest absolute Gasteiger partial charge is 0.465 e. The summed E-state index contributed by atoms with van der Waals surface area (Å²) in [6.45, 7) is 0.171. The van der Waals surface area contributed by atoms with Crippen LogP contribution in [0.5, 0.6) is 0 Å². The lowest BCUT2D eigenvalue weighted by molar-refractivity contribution is -0.121. The van der Waals surface area contributed by atoms with E-state index in [-0.39, 0.29) is 30.6 Å². The fourth-order valence-electron chi connectivity index (χ4n) is 2.74. The van der Waals surface area contributed by atoms with Crippen LogP contribution in [0.2, 0.25) is 0 Å². The van der Waals surface area contributed by atoms with Crippen molar-refractivity contribution in [2.24, 2.45) is 7.05 Å². The molecule has 0 saturated heterocycles. The average Bonchev–Trinajstić information content (AvgIpc) is 3.37. The number of rotatable bonds is 8. The molecule has 1 aromatic carbocycles. The molecular weight excluding hydrogens is 375 g/mol. The Labute approximate surface area is 167 Å². The van der Waals surface area contributed by atoms with Crippen LogP contribution >= 0.6 is 0 Å². The van der Waals surface area contributed by atoms with Crippen LogP contribution in [0.3, 0.4) is 0 Å². The number of hydrogen-bond acceptors (Lipinski definition) is 4. The Morgan fingerprint density at radius 2 is 2.07 bits per heavy atom. The maximum atomic E-state index is 13.3. The molecule has 3 rings (SSSR count). The predicted octanol–water partition coefficient (Wildman–Crippen LogP) is 2.58. The fourth-order valence-corrected chi connectivity index (χ4v) is 2.74. The lowest BCUT2D eigenvalue weighted by Crippen LogP contribution is -2.34. The molecule has 0 aliphatic rings. The normalized spacial score (nSPS) is 12.1. The third-order valence-corrected chi connectivity index (χ3v) is 4.22. The van der Waals surface area contributed by atoms with Gasteiger partial charge in [0, 0.05) is 38.5 Å². The van der Waals surface area contributed by atoms with Gasteiger partial charge < -0.3 is 19.6 Å².